The predicted octanol–water partition coefficient (Wildman–Crippen LogP) is 4.58. The normalized spacial score (nSPS) is 16.7. The van der Waals surface area contributed by atoms with E-state index in [2.05, 4.69) is 18.8 Å². The van der Waals surface area contributed by atoms with Crippen molar-refractivity contribution in [2.45, 2.75) is 39.7 Å². The van der Waals surface area contributed by atoms with E-state index in [-0.39, 0.29) is 23.1 Å². The Morgan fingerprint density at radius 1 is 1.25 bits per heavy atom. The molecule has 0 bridgehead atoms. The van der Waals surface area contributed by atoms with Crippen molar-refractivity contribution >= 4 is 5.78 Å². The number of hydrogen-bond donors (Lipinski definition) is 0. The minimum absolute atomic E-state index is 0.0122. The van der Waals surface area contributed by atoms with Crippen molar-refractivity contribution in [3.05, 3.63) is 47.2 Å². The Balaban J connectivity index is 2.17. The van der Waals surface area contributed by atoms with Gasteiger partial charge in [0.05, 0.1) is 0 Å². The van der Waals surface area contributed by atoms with E-state index in [0.717, 1.165) is 18.1 Å². The van der Waals surface area contributed by atoms with Gasteiger partial charge in [0.25, 0.3) is 0 Å². The number of nitrogens with zero attached hydrogens (tertiary/aromatic N) is 1. The SMILES string of the molecule is CC(=O)c1cc(-c2ccc(F)cc2F)c2c(n1)O[C@@H](C(C)C)CC2. The summed E-state index contributed by atoms with van der Waals surface area (Å²) in [5, 5.41) is 0. The highest BCUT2D eigenvalue weighted by atomic mass is 19.1. The van der Waals surface area contributed by atoms with Gasteiger partial charge in [0.1, 0.15) is 23.4 Å². The molecule has 0 spiro atoms. The standard InChI is InChI=1S/C19H19F2NO2/c1-10(2)18-7-6-14-15(13-5-4-12(20)8-16(13)21)9-17(11(3)23)22-19(14)24-18/h4-5,8-10,18H,6-7H2,1-3H3/t18-/m1/s1. The first-order valence-corrected chi connectivity index (χ1v) is 8.03. The molecule has 2 aromatic rings. The maximum absolute atomic E-state index is 14.3. The molecule has 0 saturated heterocycles. The van der Waals surface area contributed by atoms with Crippen molar-refractivity contribution in [3.63, 3.8) is 0 Å². The van der Waals surface area contributed by atoms with Gasteiger partial charge in [0.2, 0.25) is 5.88 Å². The summed E-state index contributed by atoms with van der Waals surface area (Å²) in [7, 11) is 0. The Morgan fingerprint density at radius 3 is 2.62 bits per heavy atom. The number of pyridine rings is 1. The third-order valence-electron chi connectivity index (χ3n) is 4.35. The van der Waals surface area contributed by atoms with E-state index < -0.39 is 11.6 Å². The van der Waals surface area contributed by atoms with Gasteiger partial charge in [-0.2, -0.15) is 0 Å². The summed E-state index contributed by atoms with van der Waals surface area (Å²) in [6.45, 7) is 5.53. The molecule has 0 fully saturated rings. The van der Waals surface area contributed by atoms with Gasteiger partial charge in [-0.05, 0) is 42.5 Å². The molecule has 0 N–H and O–H groups in total. The number of carbonyl (C=O) groups is 1. The zero-order valence-corrected chi connectivity index (χ0v) is 13.9. The van der Waals surface area contributed by atoms with Gasteiger partial charge in [-0.3, -0.25) is 4.79 Å². The van der Waals surface area contributed by atoms with Crippen molar-refractivity contribution in [1.29, 1.82) is 0 Å². The molecule has 0 unspecified atom stereocenters. The predicted molar refractivity (Wildman–Crippen MR) is 87.2 cm³/mol. The second-order valence-corrected chi connectivity index (χ2v) is 6.46. The molecule has 24 heavy (non-hydrogen) atoms. The van der Waals surface area contributed by atoms with Gasteiger partial charge in [-0.15, -0.1) is 0 Å². The minimum Gasteiger partial charge on any atom is -0.474 e. The topological polar surface area (TPSA) is 39.2 Å². The summed E-state index contributed by atoms with van der Waals surface area (Å²) < 4.78 is 33.4. The van der Waals surface area contributed by atoms with Crippen LogP contribution in [0.3, 0.4) is 0 Å². The minimum atomic E-state index is -0.663. The number of ether oxygens (including phenoxy) is 1. The van der Waals surface area contributed by atoms with Crippen molar-refractivity contribution in [2.75, 3.05) is 0 Å². The molecule has 2 heterocycles. The highest BCUT2D eigenvalue weighted by Gasteiger charge is 2.28. The van der Waals surface area contributed by atoms with E-state index in [1.54, 1.807) is 6.07 Å². The van der Waals surface area contributed by atoms with Gasteiger partial charge in [0, 0.05) is 24.1 Å². The van der Waals surface area contributed by atoms with E-state index >= 15 is 0 Å². The van der Waals surface area contributed by atoms with E-state index in [1.807, 2.05) is 0 Å². The van der Waals surface area contributed by atoms with Crippen molar-refractivity contribution in [1.82, 2.24) is 4.98 Å². The molecule has 0 amide bonds. The van der Waals surface area contributed by atoms with Gasteiger partial charge < -0.3 is 4.74 Å². The first-order valence-electron chi connectivity index (χ1n) is 8.03. The number of halogens is 2. The van der Waals surface area contributed by atoms with Crippen LogP contribution >= 0.6 is 0 Å². The van der Waals surface area contributed by atoms with Crippen LogP contribution in [0.5, 0.6) is 5.88 Å². The van der Waals surface area contributed by atoms with Crippen molar-refractivity contribution in [3.8, 4) is 17.0 Å². The molecule has 126 valence electrons. The highest BCUT2D eigenvalue weighted by Crippen LogP contribution is 2.37. The summed E-state index contributed by atoms with van der Waals surface area (Å²) >= 11 is 0. The third kappa shape index (κ3) is 3.03. The zero-order valence-electron chi connectivity index (χ0n) is 13.9. The Bertz CT molecular complexity index is 802. The number of benzene rings is 1. The number of carbonyl (C=O) groups excluding carboxylic acids is 1. The lowest BCUT2D eigenvalue weighted by Gasteiger charge is -2.29. The van der Waals surface area contributed by atoms with Crippen LogP contribution in [0.2, 0.25) is 0 Å². The van der Waals surface area contributed by atoms with Crippen LogP contribution in [-0.4, -0.2) is 16.9 Å². The van der Waals surface area contributed by atoms with Crippen LogP contribution in [0.15, 0.2) is 24.3 Å². The Hall–Kier alpha value is -2.30. The Labute approximate surface area is 139 Å². The smallest absolute Gasteiger partial charge is 0.218 e. The first kappa shape index (κ1) is 16.6. The summed E-state index contributed by atoms with van der Waals surface area (Å²) in [6.07, 6.45) is 1.48. The van der Waals surface area contributed by atoms with E-state index in [9.17, 15) is 13.6 Å². The molecule has 3 nitrogen and oxygen atoms in total. The average Bonchev–Trinajstić information content (AvgIpc) is 2.53. The van der Waals surface area contributed by atoms with Gasteiger partial charge in [-0.1, -0.05) is 13.8 Å². The highest BCUT2D eigenvalue weighted by molar-refractivity contribution is 5.94. The monoisotopic (exact) mass is 331 g/mol. The van der Waals surface area contributed by atoms with Gasteiger partial charge >= 0.3 is 0 Å². The second-order valence-electron chi connectivity index (χ2n) is 6.46. The van der Waals surface area contributed by atoms with Crippen LogP contribution in [0, 0.1) is 17.6 Å². The first-order chi connectivity index (χ1) is 11.4. The molecule has 0 aliphatic carbocycles. The average molecular weight is 331 g/mol. The summed E-state index contributed by atoms with van der Waals surface area (Å²) in [5.74, 6) is -0.832. The van der Waals surface area contributed by atoms with E-state index in [0.29, 0.717) is 23.8 Å². The molecule has 1 aromatic heterocycles. The van der Waals surface area contributed by atoms with E-state index in [4.69, 9.17) is 4.74 Å². The molecule has 3 rings (SSSR count). The van der Waals surface area contributed by atoms with Gasteiger partial charge in [0.15, 0.2) is 5.78 Å². The fourth-order valence-corrected chi connectivity index (χ4v) is 2.97. The number of aromatic nitrogens is 1. The molecule has 1 aromatic carbocycles. The van der Waals surface area contributed by atoms with Gasteiger partial charge in [-0.25, -0.2) is 13.8 Å². The van der Waals surface area contributed by atoms with Crippen LogP contribution < -0.4 is 4.74 Å². The summed E-state index contributed by atoms with van der Waals surface area (Å²) in [6, 6.07) is 5.00. The molecule has 1 aliphatic rings. The van der Waals surface area contributed by atoms with Crippen LogP contribution in [0.25, 0.3) is 11.1 Å². The maximum atomic E-state index is 14.3. The maximum Gasteiger partial charge on any atom is 0.218 e. The lowest BCUT2D eigenvalue weighted by Crippen LogP contribution is -2.29. The third-order valence-corrected chi connectivity index (χ3v) is 4.35. The summed E-state index contributed by atoms with van der Waals surface area (Å²) in [5.41, 5.74) is 1.79. The fraction of sp³-hybridized carbons (Fsp3) is 0.368. The molecular weight excluding hydrogens is 312 g/mol. The summed E-state index contributed by atoms with van der Waals surface area (Å²) in [4.78, 5) is 16.1. The molecule has 1 atom stereocenters. The molecule has 5 heteroatoms. The molecule has 1 aliphatic heterocycles. The zero-order chi connectivity index (χ0) is 17.4. The quantitative estimate of drug-likeness (QED) is 0.773. The largest absolute Gasteiger partial charge is 0.474 e. The van der Waals surface area contributed by atoms with Crippen molar-refractivity contribution in [2.24, 2.45) is 5.92 Å². The molecular formula is C19H19F2NO2. The number of rotatable bonds is 3. The van der Waals surface area contributed by atoms with Crippen LogP contribution in [0.4, 0.5) is 8.78 Å². The molecule has 0 saturated carbocycles. The number of hydrogen-bond acceptors (Lipinski definition) is 3. The Morgan fingerprint density at radius 2 is 2.00 bits per heavy atom. The lowest BCUT2D eigenvalue weighted by atomic mass is 9.91. The van der Waals surface area contributed by atoms with Crippen LogP contribution in [0.1, 0.15) is 43.2 Å². The van der Waals surface area contributed by atoms with Crippen molar-refractivity contribution < 1.29 is 18.3 Å². The Kier molecular flexibility index (Phi) is 4.35. The number of Topliss-reactive ketones (excluding diaryl/α,β-unsaturated/α-hetero) is 1. The lowest BCUT2D eigenvalue weighted by molar-refractivity contribution is 0.0998. The fourth-order valence-electron chi connectivity index (χ4n) is 2.97. The van der Waals surface area contributed by atoms with E-state index in [1.165, 1.54) is 19.1 Å². The number of ketones is 1. The number of fused-ring (bicyclic) bond motifs is 1. The molecule has 0 radical (unpaired) electrons. The second kappa shape index (κ2) is 6.30. The van der Waals surface area contributed by atoms with Crippen LogP contribution in [-0.2, 0) is 6.42 Å².